The van der Waals surface area contributed by atoms with Crippen LogP contribution < -0.4 is 0 Å². The first kappa shape index (κ1) is 13.0. The lowest BCUT2D eigenvalue weighted by molar-refractivity contribution is 0.260. The van der Waals surface area contributed by atoms with Crippen LogP contribution in [0.15, 0.2) is 18.3 Å². The molecule has 0 amide bonds. The fraction of sp³-hybridized carbons (Fsp3) is 0.500. The maximum absolute atomic E-state index is 8.78. The van der Waals surface area contributed by atoms with Gasteiger partial charge in [-0.15, -0.1) is 0 Å². The van der Waals surface area contributed by atoms with E-state index < -0.39 is 0 Å². The summed E-state index contributed by atoms with van der Waals surface area (Å²) in [5, 5.41) is 9.33. The molecule has 1 aromatic heterocycles. The Bertz CT molecular complexity index is 373. The summed E-state index contributed by atoms with van der Waals surface area (Å²) in [6.07, 6.45) is 1.68. The highest BCUT2D eigenvalue weighted by molar-refractivity contribution is 6.30. The second-order valence-corrected chi connectivity index (χ2v) is 4.17. The van der Waals surface area contributed by atoms with E-state index in [1.807, 2.05) is 19.1 Å². The Balaban J connectivity index is 2.64. The summed E-state index contributed by atoms with van der Waals surface area (Å²) in [6.45, 7) is 6.41. The summed E-state index contributed by atoms with van der Waals surface area (Å²) < 4.78 is 0. The van der Waals surface area contributed by atoms with Gasteiger partial charge in [0.1, 0.15) is 5.15 Å². The minimum Gasteiger partial charge on any atom is -0.298 e. The van der Waals surface area contributed by atoms with Gasteiger partial charge in [-0.05, 0) is 19.5 Å². The van der Waals surface area contributed by atoms with Gasteiger partial charge in [-0.25, -0.2) is 4.98 Å². The van der Waals surface area contributed by atoms with E-state index in [4.69, 9.17) is 16.9 Å². The molecule has 1 heterocycles. The third kappa shape index (κ3) is 3.80. The Hall–Kier alpha value is -1.11. The number of hydrogen-bond acceptors (Lipinski definition) is 3. The summed E-state index contributed by atoms with van der Waals surface area (Å²) in [4.78, 5) is 6.23. The molecule has 1 unspecified atom stereocenters. The number of aromatic nitrogens is 1. The van der Waals surface area contributed by atoms with Crippen LogP contribution in [0.25, 0.3) is 0 Å². The summed E-state index contributed by atoms with van der Waals surface area (Å²) in [6, 6.07) is 6.08. The molecule has 0 saturated heterocycles. The minimum atomic E-state index is 0.0374. The lowest BCUT2D eigenvalue weighted by Gasteiger charge is -2.21. The number of hydrogen-bond donors (Lipinski definition) is 0. The molecule has 0 saturated carbocycles. The number of halogens is 1. The molecule has 0 aliphatic heterocycles. The summed E-state index contributed by atoms with van der Waals surface area (Å²) in [5.41, 5.74) is 1.01. The minimum absolute atomic E-state index is 0.0374. The van der Waals surface area contributed by atoms with Crippen molar-refractivity contribution >= 4 is 11.6 Å². The predicted molar refractivity (Wildman–Crippen MR) is 65.0 cm³/mol. The van der Waals surface area contributed by atoms with Crippen LogP contribution in [0.4, 0.5) is 0 Å². The van der Waals surface area contributed by atoms with E-state index in [1.165, 1.54) is 0 Å². The molecule has 1 atom stereocenters. The first-order valence-corrected chi connectivity index (χ1v) is 5.76. The maximum atomic E-state index is 8.78. The number of nitriles is 1. The molecular weight excluding hydrogens is 222 g/mol. The largest absolute Gasteiger partial charge is 0.298 e. The molecule has 0 aromatic carbocycles. The maximum Gasteiger partial charge on any atom is 0.133 e. The van der Waals surface area contributed by atoms with Crippen LogP contribution in [0.2, 0.25) is 5.15 Å². The van der Waals surface area contributed by atoms with Crippen LogP contribution >= 0.6 is 11.6 Å². The highest BCUT2D eigenvalue weighted by atomic mass is 35.5. The van der Waals surface area contributed by atoms with E-state index >= 15 is 0 Å². The summed E-state index contributed by atoms with van der Waals surface area (Å²) in [5.74, 6) is 0.0374. The summed E-state index contributed by atoms with van der Waals surface area (Å²) >= 11 is 5.99. The molecule has 0 spiro atoms. The summed E-state index contributed by atoms with van der Waals surface area (Å²) in [7, 11) is 0. The topological polar surface area (TPSA) is 39.9 Å². The van der Waals surface area contributed by atoms with E-state index in [-0.39, 0.29) is 5.92 Å². The van der Waals surface area contributed by atoms with Crippen molar-refractivity contribution in [3.8, 4) is 6.07 Å². The van der Waals surface area contributed by atoms with Crippen molar-refractivity contribution in [1.29, 1.82) is 5.26 Å². The van der Waals surface area contributed by atoms with Gasteiger partial charge < -0.3 is 0 Å². The molecule has 1 rings (SSSR count). The molecule has 3 nitrogen and oxygen atoms in total. The zero-order valence-electron chi connectivity index (χ0n) is 9.65. The van der Waals surface area contributed by atoms with Crippen molar-refractivity contribution in [2.75, 3.05) is 13.1 Å². The molecule has 0 aliphatic rings. The SMILES string of the molecule is CCN(Cc1cccnc1Cl)CC(C)C#N. The Morgan fingerprint density at radius 2 is 2.38 bits per heavy atom. The van der Waals surface area contributed by atoms with Crippen LogP contribution in [0.1, 0.15) is 19.4 Å². The van der Waals surface area contributed by atoms with E-state index in [1.54, 1.807) is 6.20 Å². The van der Waals surface area contributed by atoms with Gasteiger partial charge in [-0.3, -0.25) is 4.90 Å². The quantitative estimate of drug-likeness (QED) is 0.740. The second kappa shape index (κ2) is 6.47. The smallest absolute Gasteiger partial charge is 0.133 e. The normalized spacial score (nSPS) is 12.4. The van der Waals surface area contributed by atoms with Crippen molar-refractivity contribution in [1.82, 2.24) is 9.88 Å². The third-order valence-electron chi connectivity index (χ3n) is 2.43. The van der Waals surface area contributed by atoms with Crippen LogP contribution in [-0.4, -0.2) is 23.0 Å². The molecule has 86 valence electrons. The van der Waals surface area contributed by atoms with Crippen LogP contribution in [-0.2, 0) is 6.54 Å². The van der Waals surface area contributed by atoms with Gasteiger partial charge in [-0.1, -0.05) is 24.6 Å². The van der Waals surface area contributed by atoms with Crippen LogP contribution in [0.5, 0.6) is 0 Å². The lowest BCUT2D eigenvalue weighted by atomic mass is 10.2. The van der Waals surface area contributed by atoms with Crippen LogP contribution in [0.3, 0.4) is 0 Å². The molecule has 0 bridgehead atoms. The van der Waals surface area contributed by atoms with Crippen molar-refractivity contribution in [3.63, 3.8) is 0 Å². The van der Waals surface area contributed by atoms with E-state index in [2.05, 4.69) is 22.9 Å². The zero-order valence-corrected chi connectivity index (χ0v) is 10.4. The predicted octanol–water partition coefficient (Wildman–Crippen LogP) is 2.72. The molecule has 4 heteroatoms. The Labute approximate surface area is 102 Å². The molecule has 0 aliphatic carbocycles. The molecular formula is C12H16ClN3. The van der Waals surface area contributed by atoms with Gasteiger partial charge in [0, 0.05) is 24.8 Å². The highest BCUT2D eigenvalue weighted by Gasteiger charge is 2.10. The Morgan fingerprint density at radius 1 is 1.62 bits per heavy atom. The van der Waals surface area contributed by atoms with Gasteiger partial charge in [-0.2, -0.15) is 5.26 Å². The average Bonchev–Trinajstić information content (AvgIpc) is 2.30. The first-order chi connectivity index (χ1) is 7.67. The van der Waals surface area contributed by atoms with Gasteiger partial charge >= 0.3 is 0 Å². The number of rotatable bonds is 5. The standard InChI is InChI=1S/C12H16ClN3/c1-3-16(8-10(2)7-14)9-11-5-4-6-15-12(11)13/h4-6,10H,3,8-9H2,1-2H3. The highest BCUT2D eigenvalue weighted by Crippen LogP contribution is 2.14. The van der Waals surface area contributed by atoms with Crippen LogP contribution in [0, 0.1) is 17.2 Å². The number of pyridine rings is 1. The van der Waals surface area contributed by atoms with E-state index in [0.29, 0.717) is 5.15 Å². The lowest BCUT2D eigenvalue weighted by Crippen LogP contribution is -2.27. The fourth-order valence-electron chi connectivity index (χ4n) is 1.51. The van der Waals surface area contributed by atoms with Crippen molar-refractivity contribution in [2.24, 2.45) is 5.92 Å². The molecule has 0 N–H and O–H groups in total. The molecule has 16 heavy (non-hydrogen) atoms. The van der Waals surface area contributed by atoms with Gasteiger partial charge in [0.05, 0.1) is 12.0 Å². The van der Waals surface area contributed by atoms with Gasteiger partial charge in [0.25, 0.3) is 0 Å². The average molecular weight is 238 g/mol. The van der Waals surface area contributed by atoms with Gasteiger partial charge in [0.15, 0.2) is 0 Å². The third-order valence-corrected chi connectivity index (χ3v) is 2.77. The molecule has 0 radical (unpaired) electrons. The van der Waals surface area contributed by atoms with E-state index in [0.717, 1.165) is 25.2 Å². The second-order valence-electron chi connectivity index (χ2n) is 3.81. The fourth-order valence-corrected chi connectivity index (χ4v) is 1.69. The van der Waals surface area contributed by atoms with E-state index in [9.17, 15) is 0 Å². The Morgan fingerprint density at radius 3 is 2.94 bits per heavy atom. The first-order valence-electron chi connectivity index (χ1n) is 5.38. The zero-order chi connectivity index (χ0) is 12.0. The monoisotopic (exact) mass is 237 g/mol. The van der Waals surface area contributed by atoms with Crippen molar-refractivity contribution < 1.29 is 0 Å². The number of nitrogens with zero attached hydrogens (tertiary/aromatic N) is 3. The molecule has 1 aromatic rings. The van der Waals surface area contributed by atoms with Crippen molar-refractivity contribution in [2.45, 2.75) is 20.4 Å². The Kier molecular flexibility index (Phi) is 5.24. The molecule has 0 fully saturated rings. The van der Waals surface area contributed by atoms with Gasteiger partial charge in [0.2, 0.25) is 0 Å². The van der Waals surface area contributed by atoms with Crippen molar-refractivity contribution in [3.05, 3.63) is 29.0 Å².